The first kappa shape index (κ1) is 13.9. The highest BCUT2D eigenvalue weighted by molar-refractivity contribution is 7.89. The van der Waals surface area contributed by atoms with Gasteiger partial charge in [-0.2, -0.15) is 0 Å². The Morgan fingerprint density at radius 3 is 2.25 bits per heavy atom. The fourth-order valence-electron chi connectivity index (χ4n) is 2.17. The Morgan fingerprint density at radius 1 is 1.25 bits per heavy atom. The third kappa shape index (κ3) is 4.03. The maximum absolute atomic E-state index is 11.4. The Hall–Kier alpha value is -0.130. The molecule has 1 aliphatic rings. The van der Waals surface area contributed by atoms with E-state index >= 15 is 0 Å². The molecule has 0 saturated carbocycles. The summed E-state index contributed by atoms with van der Waals surface area (Å²) in [6.45, 7) is 8.75. The monoisotopic (exact) mass is 248 g/mol. The van der Waals surface area contributed by atoms with Crippen molar-refractivity contribution < 1.29 is 8.42 Å². The highest BCUT2D eigenvalue weighted by Gasteiger charge is 2.25. The van der Waals surface area contributed by atoms with Crippen LogP contribution in [0.2, 0.25) is 0 Å². The van der Waals surface area contributed by atoms with Crippen LogP contribution in [-0.4, -0.2) is 44.7 Å². The molecule has 0 aromatic carbocycles. The summed E-state index contributed by atoms with van der Waals surface area (Å²) < 4.78 is 25.5. The van der Waals surface area contributed by atoms with Crippen molar-refractivity contribution in [3.05, 3.63) is 0 Å². The van der Waals surface area contributed by atoms with E-state index in [4.69, 9.17) is 0 Å². The molecule has 1 aliphatic heterocycles. The first-order valence-corrected chi connectivity index (χ1v) is 7.83. The van der Waals surface area contributed by atoms with E-state index in [2.05, 4.69) is 23.5 Å². The molecule has 0 radical (unpaired) electrons. The largest absolute Gasteiger partial charge is 0.299 e. The van der Waals surface area contributed by atoms with Crippen LogP contribution in [0.4, 0.5) is 0 Å². The molecule has 0 aromatic rings. The molecule has 0 aromatic heterocycles. The van der Waals surface area contributed by atoms with Crippen LogP contribution in [0.15, 0.2) is 0 Å². The van der Waals surface area contributed by atoms with Gasteiger partial charge in [-0.25, -0.2) is 13.1 Å². The zero-order valence-electron chi connectivity index (χ0n) is 10.6. The second kappa shape index (κ2) is 5.98. The third-order valence-electron chi connectivity index (χ3n) is 3.27. The van der Waals surface area contributed by atoms with Crippen molar-refractivity contribution in [2.24, 2.45) is 5.92 Å². The Bertz CT molecular complexity index is 295. The van der Waals surface area contributed by atoms with Crippen LogP contribution >= 0.6 is 0 Å². The molecule has 1 fully saturated rings. The fourth-order valence-corrected chi connectivity index (χ4v) is 2.80. The molecule has 5 heteroatoms. The van der Waals surface area contributed by atoms with E-state index in [-0.39, 0.29) is 5.75 Å². The molecule has 0 amide bonds. The lowest BCUT2D eigenvalue weighted by Gasteiger charge is -2.30. The molecule has 1 atom stereocenters. The Morgan fingerprint density at radius 2 is 1.81 bits per heavy atom. The lowest BCUT2D eigenvalue weighted by molar-refractivity contribution is 0.193. The smallest absolute Gasteiger partial charge is 0.211 e. The highest BCUT2D eigenvalue weighted by Crippen LogP contribution is 2.17. The van der Waals surface area contributed by atoms with Crippen molar-refractivity contribution in [2.75, 3.05) is 25.4 Å². The fraction of sp³-hybridized carbons (Fsp3) is 1.00. The van der Waals surface area contributed by atoms with Crippen LogP contribution in [0.3, 0.4) is 0 Å². The number of hydrogen-bond donors (Lipinski definition) is 1. The van der Waals surface area contributed by atoms with Gasteiger partial charge >= 0.3 is 0 Å². The summed E-state index contributed by atoms with van der Waals surface area (Å²) in [6, 6.07) is 0.337. The first-order valence-electron chi connectivity index (χ1n) is 6.17. The van der Waals surface area contributed by atoms with Gasteiger partial charge in [-0.3, -0.25) is 4.90 Å². The van der Waals surface area contributed by atoms with E-state index in [1.54, 1.807) is 6.92 Å². The van der Waals surface area contributed by atoms with Crippen LogP contribution in [0.25, 0.3) is 0 Å². The summed E-state index contributed by atoms with van der Waals surface area (Å²) in [4.78, 5) is 2.41. The normalized spacial score (nSPS) is 20.5. The van der Waals surface area contributed by atoms with E-state index in [0.29, 0.717) is 18.5 Å². The molecule has 1 heterocycles. The average Bonchev–Trinajstić information content (AvgIpc) is 2.71. The van der Waals surface area contributed by atoms with E-state index in [0.717, 1.165) is 13.1 Å². The zero-order valence-corrected chi connectivity index (χ0v) is 11.4. The Balaban J connectivity index is 2.51. The van der Waals surface area contributed by atoms with Gasteiger partial charge in [-0.1, -0.05) is 13.8 Å². The number of likely N-dealkylation sites (tertiary alicyclic amines) is 1. The highest BCUT2D eigenvalue weighted by atomic mass is 32.2. The standard InChI is InChI=1S/C11H24N2O2S/c1-4-16(14,15)12-9-11(10(2)3)13-7-5-6-8-13/h10-12H,4-9H2,1-3H3. The van der Waals surface area contributed by atoms with Crippen molar-refractivity contribution in [3.63, 3.8) is 0 Å². The minimum absolute atomic E-state index is 0.164. The van der Waals surface area contributed by atoms with Crippen molar-refractivity contribution in [2.45, 2.75) is 39.7 Å². The van der Waals surface area contributed by atoms with Crippen LogP contribution in [0.5, 0.6) is 0 Å². The summed E-state index contributed by atoms with van der Waals surface area (Å²) >= 11 is 0. The SMILES string of the molecule is CCS(=O)(=O)NCC(C(C)C)N1CCCC1. The molecule has 4 nitrogen and oxygen atoms in total. The zero-order chi connectivity index (χ0) is 12.2. The van der Waals surface area contributed by atoms with E-state index in [9.17, 15) is 8.42 Å². The second-order valence-electron chi connectivity index (χ2n) is 4.81. The van der Waals surface area contributed by atoms with Crippen molar-refractivity contribution >= 4 is 10.0 Å². The van der Waals surface area contributed by atoms with Crippen molar-refractivity contribution in [1.82, 2.24) is 9.62 Å². The van der Waals surface area contributed by atoms with E-state index < -0.39 is 10.0 Å². The number of sulfonamides is 1. The van der Waals surface area contributed by atoms with Crippen LogP contribution < -0.4 is 4.72 Å². The van der Waals surface area contributed by atoms with E-state index in [1.165, 1.54) is 12.8 Å². The third-order valence-corrected chi connectivity index (χ3v) is 4.64. The predicted molar refractivity (Wildman–Crippen MR) is 66.9 cm³/mol. The van der Waals surface area contributed by atoms with Crippen molar-refractivity contribution in [3.8, 4) is 0 Å². The van der Waals surface area contributed by atoms with Gasteiger partial charge in [-0.05, 0) is 38.8 Å². The molecule has 0 bridgehead atoms. The van der Waals surface area contributed by atoms with Crippen molar-refractivity contribution in [1.29, 1.82) is 0 Å². The summed E-state index contributed by atoms with van der Waals surface area (Å²) in [5.41, 5.74) is 0. The van der Waals surface area contributed by atoms with Gasteiger partial charge in [0.05, 0.1) is 5.75 Å². The minimum Gasteiger partial charge on any atom is -0.299 e. The Kier molecular flexibility index (Phi) is 5.21. The van der Waals surface area contributed by atoms with Gasteiger partial charge in [-0.15, -0.1) is 0 Å². The van der Waals surface area contributed by atoms with Crippen LogP contribution in [0.1, 0.15) is 33.6 Å². The molecule has 1 saturated heterocycles. The molecule has 0 spiro atoms. The summed E-state index contributed by atoms with van der Waals surface area (Å²) in [7, 11) is -3.05. The number of rotatable bonds is 6. The first-order chi connectivity index (χ1) is 7.46. The van der Waals surface area contributed by atoms with Gasteiger partial charge in [0.15, 0.2) is 0 Å². The minimum atomic E-state index is -3.05. The van der Waals surface area contributed by atoms with Gasteiger partial charge in [0, 0.05) is 12.6 Å². The summed E-state index contributed by atoms with van der Waals surface area (Å²) in [5.74, 6) is 0.648. The summed E-state index contributed by atoms with van der Waals surface area (Å²) in [5, 5.41) is 0. The molecule has 1 rings (SSSR count). The quantitative estimate of drug-likeness (QED) is 0.764. The maximum Gasteiger partial charge on any atom is 0.211 e. The average molecular weight is 248 g/mol. The van der Waals surface area contributed by atoms with Gasteiger partial charge in [0.25, 0.3) is 0 Å². The van der Waals surface area contributed by atoms with Crippen LogP contribution in [0, 0.1) is 5.92 Å². The molecular formula is C11H24N2O2S. The predicted octanol–water partition coefficient (Wildman–Crippen LogP) is 1.05. The number of nitrogens with zero attached hydrogens (tertiary/aromatic N) is 1. The molecular weight excluding hydrogens is 224 g/mol. The lowest BCUT2D eigenvalue weighted by atomic mass is 10.0. The van der Waals surface area contributed by atoms with Gasteiger partial charge in [0.1, 0.15) is 0 Å². The molecule has 1 N–H and O–H groups in total. The van der Waals surface area contributed by atoms with Crippen LogP contribution in [-0.2, 0) is 10.0 Å². The van der Waals surface area contributed by atoms with E-state index in [1.807, 2.05) is 0 Å². The molecule has 96 valence electrons. The van der Waals surface area contributed by atoms with Gasteiger partial charge < -0.3 is 0 Å². The lowest BCUT2D eigenvalue weighted by Crippen LogP contribution is -2.45. The molecule has 1 unspecified atom stereocenters. The Labute approximate surface area is 99.5 Å². The number of hydrogen-bond acceptors (Lipinski definition) is 3. The topological polar surface area (TPSA) is 49.4 Å². The van der Waals surface area contributed by atoms with Gasteiger partial charge in [0.2, 0.25) is 10.0 Å². The summed E-state index contributed by atoms with van der Waals surface area (Å²) in [6.07, 6.45) is 2.48. The maximum atomic E-state index is 11.4. The molecule has 0 aliphatic carbocycles. The second-order valence-corrected chi connectivity index (χ2v) is 6.90. The number of nitrogens with one attached hydrogen (secondary N) is 1. The molecule has 16 heavy (non-hydrogen) atoms.